The fourth-order valence-corrected chi connectivity index (χ4v) is 2.12. The smallest absolute Gasteiger partial charge is 0.0682 e. The predicted octanol–water partition coefficient (Wildman–Crippen LogP) is 3.95. The minimum atomic E-state index is 0.289. The van der Waals surface area contributed by atoms with Gasteiger partial charge in [-0.05, 0) is 45.2 Å². The van der Waals surface area contributed by atoms with Gasteiger partial charge in [0.15, 0.2) is 0 Å². The summed E-state index contributed by atoms with van der Waals surface area (Å²) in [5.74, 6) is 0.658. The number of hydrogen-bond acceptors (Lipinski definition) is 2. The fourth-order valence-electron chi connectivity index (χ4n) is 2.12. The Hall–Kier alpha value is -0.0800. The van der Waals surface area contributed by atoms with Crippen LogP contribution in [0, 0.1) is 5.92 Å². The molecule has 1 saturated carbocycles. The molecule has 0 amide bonds. The zero-order valence-corrected chi connectivity index (χ0v) is 12.9. The van der Waals surface area contributed by atoms with Crippen molar-refractivity contribution < 1.29 is 4.74 Å². The van der Waals surface area contributed by atoms with E-state index in [4.69, 9.17) is 4.74 Å². The third-order valence-electron chi connectivity index (χ3n) is 3.35. The second kappa shape index (κ2) is 8.93. The Morgan fingerprint density at radius 3 is 2.24 bits per heavy atom. The van der Waals surface area contributed by atoms with E-state index in [0.29, 0.717) is 5.92 Å². The molecule has 1 rings (SSSR count). The van der Waals surface area contributed by atoms with Gasteiger partial charge in [0.1, 0.15) is 0 Å². The first kappa shape index (κ1) is 16.9. The van der Waals surface area contributed by atoms with E-state index in [1.165, 1.54) is 32.2 Å². The van der Waals surface area contributed by atoms with Gasteiger partial charge >= 0.3 is 0 Å². The molecule has 1 atom stereocenters. The standard InChI is InChI=1S/C13H27NO.C2H6/c1-5-9-14(4)10-12(3)11-15-13(6-2)7-8-13;1-2/h12H,5-11H2,1-4H3;1-2H3. The summed E-state index contributed by atoms with van der Waals surface area (Å²) in [5.41, 5.74) is 0.289. The molecule has 1 aliphatic carbocycles. The summed E-state index contributed by atoms with van der Waals surface area (Å²) >= 11 is 0. The average Bonchev–Trinajstić information content (AvgIpc) is 3.10. The maximum atomic E-state index is 6.00. The lowest BCUT2D eigenvalue weighted by Crippen LogP contribution is -2.29. The predicted molar refractivity (Wildman–Crippen MR) is 76.5 cm³/mol. The summed E-state index contributed by atoms with van der Waals surface area (Å²) in [6, 6.07) is 0. The van der Waals surface area contributed by atoms with E-state index >= 15 is 0 Å². The average molecular weight is 243 g/mol. The number of hydrogen-bond donors (Lipinski definition) is 0. The normalized spacial score (nSPS) is 18.5. The van der Waals surface area contributed by atoms with E-state index in [2.05, 4.69) is 32.7 Å². The molecule has 0 N–H and O–H groups in total. The van der Waals surface area contributed by atoms with Crippen molar-refractivity contribution in [1.29, 1.82) is 0 Å². The summed E-state index contributed by atoms with van der Waals surface area (Å²) in [4.78, 5) is 2.40. The molecule has 0 radical (unpaired) electrons. The fraction of sp³-hybridized carbons (Fsp3) is 1.00. The minimum Gasteiger partial charge on any atom is -0.375 e. The summed E-state index contributed by atoms with van der Waals surface area (Å²) < 4.78 is 6.00. The van der Waals surface area contributed by atoms with Crippen molar-refractivity contribution in [2.24, 2.45) is 5.92 Å². The third kappa shape index (κ3) is 7.05. The van der Waals surface area contributed by atoms with Crippen molar-refractivity contribution >= 4 is 0 Å². The van der Waals surface area contributed by atoms with Gasteiger partial charge < -0.3 is 9.64 Å². The van der Waals surface area contributed by atoms with Crippen LogP contribution in [0.1, 0.15) is 60.3 Å². The number of nitrogens with zero attached hydrogens (tertiary/aromatic N) is 1. The van der Waals surface area contributed by atoms with Crippen molar-refractivity contribution in [3.05, 3.63) is 0 Å². The molecule has 0 aromatic heterocycles. The van der Waals surface area contributed by atoms with E-state index in [9.17, 15) is 0 Å². The SMILES string of the molecule is CC.CCCN(C)CC(C)COC1(CC)CC1. The second-order valence-electron chi connectivity index (χ2n) is 5.21. The zero-order valence-electron chi connectivity index (χ0n) is 12.9. The first-order valence-corrected chi connectivity index (χ1v) is 7.44. The molecule has 2 nitrogen and oxygen atoms in total. The van der Waals surface area contributed by atoms with Gasteiger partial charge in [0, 0.05) is 6.54 Å². The number of rotatable bonds is 8. The summed E-state index contributed by atoms with van der Waals surface area (Å²) in [6.45, 7) is 14.0. The highest BCUT2D eigenvalue weighted by atomic mass is 16.5. The van der Waals surface area contributed by atoms with E-state index in [0.717, 1.165) is 13.2 Å². The van der Waals surface area contributed by atoms with Gasteiger partial charge in [-0.25, -0.2) is 0 Å². The van der Waals surface area contributed by atoms with Crippen LogP contribution in [0.4, 0.5) is 0 Å². The summed E-state index contributed by atoms with van der Waals surface area (Å²) in [7, 11) is 2.20. The maximum absolute atomic E-state index is 6.00. The maximum Gasteiger partial charge on any atom is 0.0682 e. The van der Waals surface area contributed by atoms with Crippen molar-refractivity contribution in [3.8, 4) is 0 Å². The molecule has 104 valence electrons. The van der Waals surface area contributed by atoms with E-state index in [1.54, 1.807) is 0 Å². The molecule has 1 fully saturated rings. The van der Waals surface area contributed by atoms with Crippen LogP contribution in [0.3, 0.4) is 0 Å². The molecular formula is C15H33NO. The van der Waals surface area contributed by atoms with Crippen LogP contribution in [-0.2, 0) is 4.74 Å². The summed E-state index contributed by atoms with van der Waals surface area (Å²) in [5, 5.41) is 0. The Morgan fingerprint density at radius 1 is 1.24 bits per heavy atom. The van der Waals surface area contributed by atoms with Crippen LogP contribution in [0.2, 0.25) is 0 Å². The van der Waals surface area contributed by atoms with E-state index < -0.39 is 0 Å². The quantitative estimate of drug-likeness (QED) is 0.640. The lowest BCUT2D eigenvalue weighted by molar-refractivity contribution is 0.00581. The van der Waals surface area contributed by atoms with Gasteiger partial charge in [-0.15, -0.1) is 0 Å². The van der Waals surface area contributed by atoms with Crippen LogP contribution in [0.15, 0.2) is 0 Å². The third-order valence-corrected chi connectivity index (χ3v) is 3.35. The van der Waals surface area contributed by atoms with Crippen LogP contribution >= 0.6 is 0 Å². The Balaban J connectivity index is 0.00000121. The van der Waals surface area contributed by atoms with Gasteiger partial charge in [-0.2, -0.15) is 0 Å². The highest BCUT2D eigenvalue weighted by Crippen LogP contribution is 2.42. The first-order valence-electron chi connectivity index (χ1n) is 7.44. The van der Waals surface area contributed by atoms with Crippen molar-refractivity contribution in [2.75, 3.05) is 26.7 Å². The monoisotopic (exact) mass is 243 g/mol. The molecule has 0 aromatic rings. The Labute approximate surface area is 109 Å². The van der Waals surface area contributed by atoms with E-state index in [-0.39, 0.29) is 5.60 Å². The summed E-state index contributed by atoms with van der Waals surface area (Å²) in [6.07, 6.45) is 4.98. The van der Waals surface area contributed by atoms with E-state index in [1.807, 2.05) is 13.8 Å². The molecule has 0 bridgehead atoms. The lowest BCUT2D eigenvalue weighted by atomic mass is 10.1. The molecular weight excluding hydrogens is 210 g/mol. The molecule has 0 saturated heterocycles. The first-order chi connectivity index (χ1) is 8.12. The zero-order chi connectivity index (χ0) is 13.3. The molecule has 0 aromatic carbocycles. The largest absolute Gasteiger partial charge is 0.375 e. The molecule has 1 unspecified atom stereocenters. The second-order valence-corrected chi connectivity index (χ2v) is 5.21. The lowest BCUT2D eigenvalue weighted by Gasteiger charge is -2.23. The van der Waals surface area contributed by atoms with Crippen molar-refractivity contribution in [3.63, 3.8) is 0 Å². The Morgan fingerprint density at radius 2 is 1.82 bits per heavy atom. The highest BCUT2D eigenvalue weighted by Gasteiger charge is 2.42. The topological polar surface area (TPSA) is 12.5 Å². The Kier molecular flexibility index (Phi) is 8.89. The van der Waals surface area contributed by atoms with Crippen molar-refractivity contribution in [1.82, 2.24) is 4.90 Å². The molecule has 1 aliphatic rings. The van der Waals surface area contributed by atoms with Crippen LogP contribution < -0.4 is 0 Å². The van der Waals surface area contributed by atoms with Crippen LogP contribution in [0.25, 0.3) is 0 Å². The molecule has 0 spiro atoms. The van der Waals surface area contributed by atoms with Crippen LogP contribution in [-0.4, -0.2) is 37.2 Å². The van der Waals surface area contributed by atoms with Gasteiger partial charge in [0.05, 0.1) is 12.2 Å². The van der Waals surface area contributed by atoms with Crippen molar-refractivity contribution in [2.45, 2.75) is 65.9 Å². The molecule has 0 heterocycles. The van der Waals surface area contributed by atoms with Gasteiger partial charge in [-0.3, -0.25) is 0 Å². The van der Waals surface area contributed by atoms with Gasteiger partial charge in [-0.1, -0.05) is 34.6 Å². The van der Waals surface area contributed by atoms with Gasteiger partial charge in [0.25, 0.3) is 0 Å². The van der Waals surface area contributed by atoms with Gasteiger partial charge in [0.2, 0.25) is 0 Å². The molecule has 17 heavy (non-hydrogen) atoms. The molecule has 2 heteroatoms. The Bertz CT molecular complexity index is 178. The molecule has 0 aliphatic heterocycles. The minimum absolute atomic E-state index is 0.289. The highest BCUT2D eigenvalue weighted by molar-refractivity contribution is 4.94. The number of ether oxygens (including phenoxy) is 1. The van der Waals surface area contributed by atoms with Crippen LogP contribution in [0.5, 0.6) is 0 Å².